The molecule has 0 aromatic carbocycles. The first-order valence-electron chi connectivity index (χ1n) is 6.69. The second-order valence-corrected chi connectivity index (χ2v) is 11.1. The van der Waals surface area contributed by atoms with E-state index in [0.717, 1.165) is 18.9 Å². The fourth-order valence-corrected chi connectivity index (χ4v) is 5.76. The predicted octanol–water partition coefficient (Wildman–Crippen LogP) is -2.17. The number of aliphatic hydroxyl groups is 1. The van der Waals surface area contributed by atoms with Crippen LogP contribution in [-0.2, 0) is 26.2 Å². The van der Waals surface area contributed by atoms with Crippen molar-refractivity contribution < 1.29 is 56.1 Å². The van der Waals surface area contributed by atoms with Crippen molar-refractivity contribution in [3.63, 3.8) is 0 Å². The topological polar surface area (TPSA) is 20.2 Å². The zero-order valence-corrected chi connectivity index (χ0v) is 17.8. The van der Waals surface area contributed by atoms with Gasteiger partial charge in [-0.05, 0) is 6.04 Å². The Morgan fingerprint density at radius 2 is 1.52 bits per heavy atom. The SMILES string of the molecule is CC(C1=[C-]CC=C1)(C1=[C-]CC=C1)[Si](C)(C)CCO.[Cl-].[Cl-].[Zr+4]. The molecule has 0 atom stereocenters. The average Bonchev–Trinajstić information content (AvgIpc) is 3.01. The first kappa shape index (κ1) is 23.9. The van der Waals surface area contributed by atoms with Crippen molar-refractivity contribution in [1.29, 1.82) is 0 Å². The van der Waals surface area contributed by atoms with Crippen LogP contribution in [0, 0.1) is 12.2 Å². The van der Waals surface area contributed by atoms with E-state index >= 15 is 0 Å². The molecule has 0 fully saturated rings. The first-order valence-corrected chi connectivity index (χ1v) is 9.89. The van der Waals surface area contributed by atoms with E-state index in [0.29, 0.717) is 0 Å². The van der Waals surface area contributed by atoms with Crippen LogP contribution in [0.5, 0.6) is 0 Å². The molecule has 0 heterocycles. The van der Waals surface area contributed by atoms with E-state index in [1.54, 1.807) is 0 Å². The van der Waals surface area contributed by atoms with E-state index in [-0.39, 0.29) is 62.7 Å². The monoisotopic (exact) mass is 418 g/mol. The van der Waals surface area contributed by atoms with Crippen molar-refractivity contribution in [3.05, 3.63) is 47.6 Å². The van der Waals surface area contributed by atoms with Gasteiger partial charge in [0.15, 0.2) is 0 Å². The standard InChI is InChI=1S/C16H22OSi.2ClH.Zr/c1-16(14-8-4-5-9-14,15-10-6-7-11-15)18(2,3)13-12-17;;;/h4,6,8,10,17H,5,7,12-13H2,1-3H3;2*1H;/q-2;;;+4/p-2. The summed E-state index contributed by atoms with van der Waals surface area (Å²) in [5, 5.41) is 9.41. The van der Waals surface area contributed by atoms with Crippen LogP contribution in [-0.4, -0.2) is 19.8 Å². The number of hydrogen-bond donors (Lipinski definition) is 1. The molecule has 0 amide bonds. The van der Waals surface area contributed by atoms with Gasteiger partial charge in [-0.15, -0.1) is 12.8 Å². The van der Waals surface area contributed by atoms with Gasteiger partial charge in [-0.2, -0.15) is 12.2 Å². The Bertz CT molecular complexity index is 423. The minimum atomic E-state index is -1.64. The molecule has 1 nitrogen and oxygen atoms in total. The number of aliphatic hydroxyl groups excluding tert-OH is 1. The number of halogens is 2. The predicted molar refractivity (Wildman–Crippen MR) is 78.8 cm³/mol. The molecule has 0 radical (unpaired) electrons. The minimum Gasteiger partial charge on any atom is -1.00 e. The molecule has 114 valence electrons. The van der Waals surface area contributed by atoms with Gasteiger partial charge < -0.3 is 29.9 Å². The van der Waals surface area contributed by atoms with Gasteiger partial charge in [0.05, 0.1) is 8.07 Å². The molecule has 0 bridgehead atoms. The fraction of sp³-hybridized carbons (Fsp3) is 0.500. The Morgan fingerprint density at radius 3 is 1.81 bits per heavy atom. The van der Waals surface area contributed by atoms with E-state index < -0.39 is 8.07 Å². The van der Waals surface area contributed by atoms with Crippen LogP contribution < -0.4 is 24.8 Å². The molecule has 0 aliphatic heterocycles. The van der Waals surface area contributed by atoms with Gasteiger partial charge in [-0.25, -0.2) is 23.3 Å². The molecule has 0 saturated carbocycles. The molecule has 2 aliphatic carbocycles. The van der Waals surface area contributed by atoms with Crippen molar-refractivity contribution >= 4 is 8.07 Å². The maximum atomic E-state index is 9.39. The van der Waals surface area contributed by atoms with Gasteiger partial charge in [0.1, 0.15) is 0 Å². The van der Waals surface area contributed by atoms with Gasteiger partial charge in [0.25, 0.3) is 0 Å². The van der Waals surface area contributed by atoms with Crippen LogP contribution >= 0.6 is 0 Å². The molecule has 0 aromatic heterocycles. The summed E-state index contributed by atoms with van der Waals surface area (Å²) in [4.78, 5) is 0. The van der Waals surface area contributed by atoms with Gasteiger partial charge in [0.2, 0.25) is 0 Å². The summed E-state index contributed by atoms with van der Waals surface area (Å²) in [5.74, 6) is 0. The third-order valence-corrected chi connectivity index (χ3v) is 9.28. The van der Waals surface area contributed by atoms with Crippen molar-refractivity contribution in [2.45, 2.75) is 43.9 Å². The first-order chi connectivity index (χ1) is 8.52. The normalized spacial score (nSPS) is 16.6. The Morgan fingerprint density at radius 1 is 1.10 bits per heavy atom. The maximum Gasteiger partial charge on any atom is 4.00 e. The van der Waals surface area contributed by atoms with Crippen LogP contribution in [0.25, 0.3) is 0 Å². The zero-order valence-electron chi connectivity index (χ0n) is 12.8. The second kappa shape index (κ2) is 9.67. The van der Waals surface area contributed by atoms with E-state index in [4.69, 9.17) is 0 Å². The summed E-state index contributed by atoms with van der Waals surface area (Å²) in [6.45, 7) is 7.34. The summed E-state index contributed by atoms with van der Waals surface area (Å²) >= 11 is 0. The molecule has 0 saturated heterocycles. The van der Waals surface area contributed by atoms with Crippen LogP contribution in [0.2, 0.25) is 24.2 Å². The average molecular weight is 421 g/mol. The molecular weight excluding hydrogens is 398 g/mol. The van der Waals surface area contributed by atoms with Gasteiger partial charge >= 0.3 is 26.2 Å². The van der Waals surface area contributed by atoms with Crippen molar-refractivity contribution in [2.24, 2.45) is 0 Å². The third kappa shape index (κ3) is 4.54. The number of rotatable bonds is 5. The van der Waals surface area contributed by atoms with Crippen LogP contribution in [0.4, 0.5) is 0 Å². The molecule has 5 heteroatoms. The number of hydrogen-bond acceptors (Lipinski definition) is 1. The van der Waals surface area contributed by atoms with E-state index in [1.807, 2.05) is 0 Å². The molecule has 2 aliphatic rings. The maximum absolute atomic E-state index is 9.39. The van der Waals surface area contributed by atoms with E-state index in [2.05, 4.69) is 56.5 Å². The zero-order chi connectivity index (χ0) is 13.2. The molecule has 2 rings (SSSR count). The van der Waals surface area contributed by atoms with Crippen molar-refractivity contribution in [1.82, 2.24) is 0 Å². The van der Waals surface area contributed by atoms with Crippen molar-refractivity contribution in [2.75, 3.05) is 6.61 Å². The Balaban J connectivity index is 0. The molecule has 21 heavy (non-hydrogen) atoms. The molecular formula is C16H22Cl2OSiZr. The number of allylic oxidation sites excluding steroid dienone is 8. The van der Waals surface area contributed by atoms with Crippen LogP contribution in [0.1, 0.15) is 19.8 Å². The van der Waals surface area contributed by atoms with Crippen molar-refractivity contribution in [3.8, 4) is 0 Å². The third-order valence-electron chi connectivity index (χ3n) is 4.56. The summed E-state index contributed by atoms with van der Waals surface area (Å²) in [5.41, 5.74) is 2.61. The molecule has 0 spiro atoms. The van der Waals surface area contributed by atoms with Gasteiger partial charge in [-0.1, -0.05) is 25.1 Å². The quantitative estimate of drug-likeness (QED) is 0.397. The summed E-state index contributed by atoms with van der Waals surface area (Å²) < 4.78 is 0. The van der Waals surface area contributed by atoms with E-state index in [9.17, 15) is 5.11 Å². The Kier molecular flexibility index (Phi) is 11.0. The summed E-state index contributed by atoms with van der Waals surface area (Å²) in [6.07, 6.45) is 17.6. The Hall–Kier alpha value is 0.600. The van der Waals surface area contributed by atoms with Gasteiger partial charge in [0, 0.05) is 6.61 Å². The fourth-order valence-electron chi connectivity index (χ4n) is 2.90. The molecule has 0 unspecified atom stereocenters. The minimum absolute atomic E-state index is 0. The summed E-state index contributed by atoms with van der Waals surface area (Å²) in [7, 11) is -1.64. The van der Waals surface area contributed by atoms with Crippen LogP contribution in [0.3, 0.4) is 0 Å². The Labute approximate surface area is 161 Å². The smallest absolute Gasteiger partial charge is 1.00 e. The molecule has 0 aromatic rings. The second-order valence-electron chi connectivity index (χ2n) is 5.88. The van der Waals surface area contributed by atoms with Crippen LogP contribution in [0.15, 0.2) is 35.5 Å². The van der Waals surface area contributed by atoms with E-state index in [1.165, 1.54) is 11.1 Å². The molecule has 1 N–H and O–H groups in total. The largest absolute Gasteiger partial charge is 4.00 e. The van der Waals surface area contributed by atoms with Gasteiger partial charge in [-0.3, -0.25) is 12.2 Å². The summed E-state index contributed by atoms with van der Waals surface area (Å²) in [6, 6.07) is 0.918.